The smallest absolute Gasteiger partial charge is 0.0718 e. The zero-order chi connectivity index (χ0) is 14.8. The van der Waals surface area contributed by atoms with Gasteiger partial charge in [-0.2, -0.15) is 0 Å². The third-order valence-electron chi connectivity index (χ3n) is 3.73. The third kappa shape index (κ3) is 7.60. The van der Waals surface area contributed by atoms with E-state index in [1.807, 2.05) is 0 Å². The van der Waals surface area contributed by atoms with Crippen LogP contribution in [0.2, 0.25) is 0 Å². The molecule has 3 heteroatoms. The third-order valence-corrected chi connectivity index (χ3v) is 3.73. The number of benzene rings is 1. The molecule has 0 amide bonds. The van der Waals surface area contributed by atoms with E-state index in [0.717, 1.165) is 32.0 Å². The predicted octanol–water partition coefficient (Wildman–Crippen LogP) is 3.31. The summed E-state index contributed by atoms with van der Waals surface area (Å²) >= 11 is 0. The molecule has 0 spiro atoms. The molecule has 0 radical (unpaired) electrons. The molecule has 1 N–H and O–H groups in total. The quantitative estimate of drug-likeness (QED) is 0.599. The van der Waals surface area contributed by atoms with Gasteiger partial charge in [-0.15, -0.1) is 0 Å². The first kappa shape index (κ1) is 16.5. The van der Waals surface area contributed by atoms with Gasteiger partial charge < -0.3 is 14.8 Å². The number of hydrogen-bond acceptors (Lipinski definition) is 3. The van der Waals surface area contributed by atoms with Crippen LogP contribution in [0.5, 0.6) is 0 Å². The molecule has 1 fully saturated rings. The van der Waals surface area contributed by atoms with Crippen LogP contribution in [-0.2, 0) is 22.5 Å². The molecule has 1 aliphatic carbocycles. The van der Waals surface area contributed by atoms with Gasteiger partial charge in [0.25, 0.3) is 0 Å². The summed E-state index contributed by atoms with van der Waals surface area (Å²) in [5.74, 6) is 0. The molecule has 0 aromatic heterocycles. The Balaban J connectivity index is 1.52. The molecule has 0 unspecified atom stereocenters. The van der Waals surface area contributed by atoms with Crippen LogP contribution in [0.15, 0.2) is 24.3 Å². The average Bonchev–Trinajstić information content (AvgIpc) is 3.32. The molecule has 2 rings (SSSR count). The van der Waals surface area contributed by atoms with Crippen molar-refractivity contribution in [3.8, 4) is 0 Å². The van der Waals surface area contributed by atoms with Gasteiger partial charge in [0.15, 0.2) is 0 Å². The highest BCUT2D eigenvalue weighted by atomic mass is 16.5. The van der Waals surface area contributed by atoms with E-state index < -0.39 is 0 Å². The van der Waals surface area contributed by atoms with Crippen LogP contribution in [0.4, 0.5) is 0 Å². The van der Waals surface area contributed by atoms with E-state index in [2.05, 4.69) is 36.5 Å². The zero-order valence-corrected chi connectivity index (χ0v) is 13.3. The topological polar surface area (TPSA) is 30.5 Å². The molecule has 21 heavy (non-hydrogen) atoms. The second-order valence-corrected chi connectivity index (χ2v) is 5.81. The molecule has 1 aromatic rings. The molecule has 3 nitrogen and oxygen atoms in total. The zero-order valence-electron chi connectivity index (χ0n) is 13.3. The molecule has 0 heterocycles. The molecule has 0 aliphatic heterocycles. The summed E-state index contributed by atoms with van der Waals surface area (Å²) in [4.78, 5) is 0. The molecular formula is C18H29NO2. The van der Waals surface area contributed by atoms with Gasteiger partial charge in [0, 0.05) is 12.6 Å². The second kappa shape index (κ2) is 9.93. The van der Waals surface area contributed by atoms with E-state index >= 15 is 0 Å². The number of hydrogen-bond donors (Lipinski definition) is 1. The van der Waals surface area contributed by atoms with Gasteiger partial charge in [-0.25, -0.2) is 0 Å². The van der Waals surface area contributed by atoms with Crippen molar-refractivity contribution in [3.05, 3.63) is 35.4 Å². The van der Waals surface area contributed by atoms with Gasteiger partial charge in [-0.05, 0) is 43.4 Å². The molecule has 1 aliphatic rings. The molecule has 1 aromatic carbocycles. The van der Waals surface area contributed by atoms with Gasteiger partial charge in [0.1, 0.15) is 0 Å². The highest BCUT2D eigenvalue weighted by Gasteiger charge is 2.19. The molecular weight excluding hydrogens is 262 g/mol. The average molecular weight is 291 g/mol. The van der Waals surface area contributed by atoms with Gasteiger partial charge in [-0.1, -0.05) is 37.6 Å². The van der Waals surface area contributed by atoms with Crippen LogP contribution < -0.4 is 5.32 Å². The molecule has 118 valence electrons. The Morgan fingerprint density at radius 3 is 2.43 bits per heavy atom. The molecule has 1 saturated carbocycles. The van der Waals surface area contributed by atoms with Gasteiger partial charge in [0.2, 0.25) is 0 Å². The summed E-state index contributed by atoms with van der Waals surface area (Å²) < 4.78 is 11.1. The van der Waals surface area contributed by atoms with Crippen molar-refractivity contribution < 1.29 is 9.47 Å². The standard InChI is InChI=1S/C18H29NO2/c1-2-3-12-20-13-14-21-15-17-6-4-16(5-7-17)10-11-19-18-8-9-18/h4-7,18-19H,2-3,8-15H2,1H3. The highest BCUT2D eigenvalue weighted by Crippen LogP contribution is 2.18. The lowest BCUT2D eigenvalue weighted by Gasteiger charge is -2.07. The van der Waals surface area contributed by atoms with E-state index in [1.54, 1.807) is 0 Å². The number of rotatable bonds is 12. The van der Waals surface area contributed by atoms with E-state index in [-0.39, 0.29) is 0 Å². The first-order chi connectivity index (χ1) is 10.4. The normalized spacial score (nSPS) is 14.5. The van der Waals surface area contributed by atoms with Crippen LogP contribution in [0.3, 0.4) is 0 Å². The highest BCUT2D eigenvalue weighted by molar-refractivity contribution is 5.22. The number of unbranched alkanes of at least 4 members (excludes halogenated alkanes) is 1. The summed E-state index contributed by atoms with van der Waals surface area (Å²) in [6.07, 6.45) is 6.15. The fourth-order valence-corrected chi connectivity index (χ4v) is 2.17. The Hall–Kier alpha value is -0.900. The van der Waals surface area contributed by atoms with E-state index in [9.17, 15) is 0 Å². The van der Waals surface area contributed by atoms with Crippen molar-refractivity contribution in [3.63, 3.8) is 0 Å². The Morgan fingerprint density at radius 1 is 1.00 bits per heavy atom. The first-order valence-electron chi connectivity index (χ1n) is 8.35. The maximum atomic E-state index is 5.62. The summed E-state index contributed by atoms with van der Waals surface area (Å²) in [6.45, 7) is 6.17. The van der Waals surface area contributed by atoms with Crippen LogP contribution >= 0.6 is 0 Å². The van der Waals surface area contributed by atoms with Crippen LogP contribution in [-0.4, -0.2) is 32.4 Å². The Morgan fingerprint density at radius 2 is 1.71 bits per heavy atom. The minimum absolute atomic E-state index is 0.677. The molecule has 0 atom stereocenters. The Labute approximate surface area is 129 Å². The first-order valence-corrected chi connectivity index (χ1v) is 8.35. The Bertz CT molecular complexity index is 373. The maximum absolute atomic E-state index is 5.62. The Kier molecular flexibility index (Phi) is 7.79. The summed E-state index contributed by atoms with van der Waals surface area (Å²) in [6, 6.07) is 9.57. The van der Waals surface area contributed by atoms with Crippen LogP contribution in [0.1, 0.15) is 43.7 Å². The van der Waals surface area contributed by atoms with E-state index in [4.69, 9.17) is 9.47 Å². The van der Waals surface area contributed by atoms with Gasteiger partial charge in [0.05, 0.1) is 19.8 Å². The van der Waals surface area contributed by atoms with Crippen molar-refractivity contribution in [1.82, 2.24) is 5.32 Å². The predicted molar refractivity (Wildman–Crippen MR) is 86.6 cm³/mol. The van der Waals surface area contributed by atoms with Crippen molar-refractivity contribution >= 4 is 0 Å². The lowest BCUT2D eigenvalue weighted by atomic mass is 10.1. The van der Waals surface area contributed by atoms with E-state index in [1.165, 1.54) is 30.4 Å². The number of nitrogens with one attached hydrogen (secondary N) is 1. The van der Waals surface area contributed by atoms with Gasteiger partial charge in [-0.3, -0.25) is 0 Å². The largest absolute Gasteiger partial charge is 0.379 e. The minimum atomic E-state index is 0.677. The monoisotopic (exact) mass is 291 g/mol. The van der Waals surface area contributed by atoms with E-state index in [0.29, 0.717) is 19.8 Å². The maximum Gasteiger partial charge on any atom is 0.0718 e. The minimum Gasteiger partial charge on any atom is -0.379 e. The van der Waals surface area contributed by atoms with Crippen molar-refractivity contribution in [2.75, 3.05) is 26.4 Å². The second-order valence-electron chi connectivity index (χ2n) is 5.81. The van der Waals surface area contributed by atoms with Crippen molar-refractivity contribution in [1.29, 1.82) is 0 Å². The van der Waals surface area contributed by atoms with Crippen LogP contribution in [0, 0.1) is 0 Å². The summed E-state index contributed by atoms with van der Waals surface area (Å²) in [5, 5.41) is 3.54. The van der Waals surface area contributed by atoms with Crippen LogP contribution in [0.25, 0.3) is 0 Å². The summed E-state index contributed by atoms with van der Waals surface area (Å²) in [7, 11) is 0. The lowest BCUT2D eigenvalue weighted by Crippen LogP contribution is -2.19. The fraction of sp³-hybridized carbons (Fsp3) is 0.667. The summed E-state index contributed by atoms with van der Waals surface area (Å²) in [5.41, 5.74) is 2.64. The van der Waals surface area contributed by atoms with Crippen molar-refractivity contribution in [2.45, 2.75) is 51.7 Å². The lowest BCUT2D eigenvalue weighted by molar-refractivity contribution is 0.0397. The molecule has 0 saturated heterocycles. The number of ether oxygens (including phenoxy) is 2. The fourth-order valence-electron chi connectivity index (χ4n) is 2.17. The molecule has 0 bridgehead atoms. The van der Waals surface area contributed by atoms with Gasteiger partial charge >= 0.3 is 0 Å². The van der Waals surface area contributed by atoms with Crippen molar-refractivity contribution in [2.24, 2.45) is 0 Å². The SMILES string of the molecule is CCCCOCCOCc1ccc(CCNC2CC2)cc1.